The van der Waals surface area contributed by atoms with Crippen LogP contribution >= 0.6 is 0 Å². The summed E-state index contributed by atoms with van der Waals surface area (Å²) < 4.78 is 5.65. The number of aliphatic hydroxyl groups is 1. The van der Waals surface area contributed by atoms with Crippen molar-refractivity contribution in [3.63, 3.8) is 0 Å². The third kappa shape index (κ3) is 5.99. The van der Waals surface area contributed by atoms with Crippen molar-refractivity contribution < 1.29 is 9.84 Å². The summed E-state index contributed by atoms with van der Waals surface area (Å²) in [7, 11) is 0. The number of ether oxygens (including phenoxy) is 1. The molecule has 0 saturated carbocycles. The van der Waals surface area contributed by atoms with Gasteiger partial charge >= 0.3 is 0 Å². The van der Waals surface area contributed by atoms with Gasteiger partial charge < -0.3 is 9.84 Å². The van der Waals surface area contributed by atoms with Gasteiger partial charge in [0.2, 0.25) is 0 Å². The normalized spacial score (nSPS) is 9.88. The first-order valence-electron chi connectivity index (χ1n) is 6.05. The summed E-state index contributed by atoms with van der Waals surface area (Å²) >= 11 is 0. The van der Waals surface area contributed by atoms with E-state index >= 15 is 0 Å². The molecule has 0 amide bonds. The van der Waals surface area contributed by atoms with Crippen LogP contribution in [-0.2, 0) is 0 Å². The van der Waals surface area contributed by atoms with E-state index in [1.165, 1.54) is 6.42 Å². The lowest BCUT2D eigenvalue weighted by Gasteiger charge is -2.07. The average Bonchev–Trinajstić information content (AvgIpc) is 2.32. The van der Waals surface area contributed by atoms with E-state index in [0.29, 0.717) is 0 Å². The molecule has 0 aliphatic rings. The van der Waals surface area contributed by atoms with Crippen molar-refractivity contribution in [3.05, 3.63) is 29.8 Å². The minimum absolute atomic E-state index is 0.112. The summed E-state index contributed by atoms with van der Waals surface area (Å²) in [4.78, 5) is 0. The number of hydrogen-bond donors (Lipinski definition) is 1. The van der Waals surface area contributed by atoms with Gasteiger partial charge in [0.15, 0.2) is 0 Å². The molecule has 0 heterocycles. The van der Waals surface area contributed by atoms with Crippen LogP contribution in [0.15, 0.2) is 24.3 Å². The fourth-order valence-electron chi connectivity index (χ4n) is 1.49. The third-order valence-corrected chi connectivity index (χ3v) is 2.34. The van der Waals surface area contributed by atoms with E-state index in [-0.39, 0.29) is 6.61 Å². The summed E-state index contributed by atoms with van der Waals surface area (Å²) in [6.07, 6.45) is 2.26. The molecule has 1 N–H and O–H groups in total. The van der Waals surface area contributed by atoms with Crippen LogP contribution in [0.1, 0.15) is 32.3 Å². The van der Waals surface area contributed by atoms with Crippen LogP contribution in [0.2, 0.25) is 0 Å². The zero-order chi connectivity index (χ0) is 12.5. The molecule has 2 nitrogen and oxygen atoms in total. The Labute approximate surface area is 104 Å². The monoisotopic (exact) mass is 232 g/mol. The molecule has 0 atom stereocenters. The van der Waals surface area contributed by atoms with Crippen molar-refractivity contribution >= 4 is 0 Å². The largest absolute Gasteiger partial charge is 0.494 e. The molecule has 0 fully saturated rings. The van der Waals surface area contributed by atoms with Crippen molar-refractivity contribution in [3.8, 4) is 17.6 Å². The smallest absolute Gasteiger partial charge is 0.120 e. The minimum atomic E-state index is -0.112. The molecule has 2 heteroatoms. The van der Waals surface area contributed by atoms with Gasteiger partial charge in [0, 0.05) is 5.56 Å². The van der Waals surface area contributed by atoms with Gasteiger partial charge in [0.25, 0.3) is 0 Å². The van der Waals surface area contributed by atoms with Crippen molar-refractivity contribution in [1.82, 2.24) is 0 Å². The molecular weight excluding hydrogens is 212 g/mol. The van der Waals surface area contributed by atoms with Gasteiger partial charge in [-0.2, -0.15) is 0 Å². The van der Waals surface area contributed by atoms with E-state index in [0.717, 1.165) is 30.3 Å². The van der Waals surface area contributed by atoms with Gasteiger partial charge in [0.05, 0.1) is 6.61 Å². The Morgan fingerprint density at radius 3 is 2.88 bits per heavy atom. The summed E-state index contributed by atoms with van der Waals surface area (Å²) in [6, 6.07) is 7.65. The van der Waals surface area contributed by atoms with Gasteiger partial charge in [-0.05, 0) is 37.0 Å². The Kier molecular flexibility index (Phi) is 6.21. The molecule has 0 radical (unpaired) electrons. The number of benzene rings is 1. The molecule has 92 valence electrons. The maximum Gasteiger partial charge on any atom is 0.120 e. The molecule has 0 saturated heterocycles. The maximum atomic E-state index is 8.62. The van der Waals surface area contributed by atoms with Crippen LogP contribution < -0.4 is 4.74 Å². The van der Waals surface area contributed by atoms with Crippen LogP contribution in [0.5, 0.6) is 5.75 Å². The highest BCUT2D eigenvalue weighted by Crippen LogP contribution is 2.13. The maximum absolute atomic E-state index is 8.62. The lowest BCUT2D eigenvalue weighted by Crippen LogP contribution is -1.99. The fraction of sp³-hybridized carbons (Fsp3) is 0.467. The second-order valence-corrected chi connectivity index (χ2v) is 4.37. The van der Waals surface area contributed by atoms with Crippen LogP contribution in [0.4, 0.5) is 0 Å². The van der Waals surface area contributed by atoms with E-state index in [1.807, 2.05) is 24.3 Å². The van der Waals surface area contributed by atoms with E-state index in [1.54, 1.807) is 0 Å². The van der Waals surface area contributed by atoms with E-state index in [2.05, 4.69) is 25.7 Å². The topological polar surface area (TPSA) is 29.5 Å². The molecule has 0 spiro atoms. The zero-order valence-electron chi connectivity index (χ0n) is 10.6. The van der Waals surface area contributed by atoms with Gasteiger partial charge in [-0.3, -0.25) is 0 Å². The van der Waals surface area contributed by atoms with Gasteiger partial charge in [-0.1, -0.05) is 31.8 Å². The Morgan fingerprint density at radius 2 is 2.18 bits per heavy atom. The molecule has 17 heavy (non-hydrogen) atoms. The predicted molar refractivity (Wildman–Crippen MR) is 70.0 cm³/mol. The molecule has 0 aliphatic carbocycles. The molecule has 1 rings (SSSR count). The summed E-state index contributed by atoms with van der Waals surface area (Å²) in [5, 5.41) is 8.62. The quantitative estimate of drug-likeness (QED) is 0.625. The lowest BCUT2D eigenvalue weighted by molar-refractivity contribution is 0.297. The zero-order valence-corrected chi connectivity index (χ0v) is 10.6. The summed E-state index contributed by atoms with van der Waals surface area (Å²) in [6.45, 7) is 5.06. The number of aliphatic hydroxyl groups excluding tert-OH is 1. The first-order valence-corrected chi connectivity index (χ1v) is 6.05. The highest BCUT2D eigenvalue weighted by molar-refractivity contribution is 5.39. The molecule has 0 bridgehead atoms. The van der Waals surface area contributed by atoms with Crippen LogP contribution in [0.3, 0.4) is 0 Å². The van der Waals surface area contributed by atoms with Crippen molar-refractivity contribution in [1.29, 1.82) is 0 Å². The van der Waals surface area contributed by atoms with Crippen LogP contribution in [0.25, 0.3) is 0 Å². The third-order valence-electron chi connectivity index (χ3n) is 2.34. The Bertz CT molecular complexity index is 385. The molecular formula is C15H20O2. The molecule has 0 unspecified atom stereocenters. The number of rotatable bonds is 5. The Balaban J connectivity index is 2.43. The average molecular weight is 232 g/mol. The second kappa shape index (κ2) is 7.76. The Morgan fingerprint density at radius 1 is 1.35 bits per heavy atom. The molecule has 1 aromatic carbocycles. The molecule has 0 aromatic heterocycles. The van der Waals surface area contributed by atoms with Gasteiger partial charge in [-0.25, -0.2) is 0 Å². The standard InChI is InChI=1S/C15H20O2/c1-13(2)6-5-11-17-15-9-3-7-14(12-15)8-4-10-16/h3,7,9,12-13,16H,5-6,10-11H2,1-2H3. The van der Waals surface area contributed by atoms with Gasteiger partial charge in [0.1, 0.15) is 12.4 Å². The van der Waals surface area contributed by atoms with E-state index < -0.39 is 0 Å². The first kappa shape index (κ1) is 13.6. The van der Waals surface area contributed by atoms with Crippen molar-refractivity contribution in [2.45, 2.75) is 26.7 Å². The summed E-state index contributed by atoms with van der Waals surface area (Å²) in [5.74, 6) is 7.06. The van der Waals surface area contributed by atoms with Crippen molar-refractivity contribution in [2.24, 2.45) is 5.92 Å². The fourth-order valence-corrected chi connectivity index (χ4v) is 1.49. The van der Waals surface area contributed by atoms with Gasteiger partial charge in [-0.15, -0.1) is 0 Å². The molecule has 0 aliphatic heterocycles. The SMILES string of the molecule is CC(C)CCCOc1cccc(C#CCO)c1. The van der Waals surface area contributed by atoms with Crippen LogP contribution in [-0.4, -0.2) is 18.3 Å². The Hall–Kier alpha value is -1.46. The first-order chi connectivity index (χ1) is 8.22. The molecule has 1 aromatic rings. The van der Waals surface area contributed by atoms with E-state index in [4.69, 9.17) is 9.84 Å². The lowest BCUT2D eigenvalue weighted by atomic mass is 10.1. The highest BCUT2D eigenvalue weighted by Gasteiger charge is 1.97. The van der Waals surface area contributed by atoms with Crippen molar-refractivity contribution in [2.75, 3.05) is 13.2 Å². The van der Waals surface area contributed by atoms with Crippen LogP contribution in [0, 0.1) is 17.8 Å². The second-order valence-electron chi connectivity index (χ2n) is 4.37. The van der Waals surface area contributed by atoms with E-state index in [9.17, 15) is 0 Å². The minimum Gasteiger partial charge on any atom is -0.494 e. The highest BCUT2D eigenvalue weighted by atomic mass is 16.5. The summed E-state index contributed by atoms with van der Waals surface area (Å²) in [5.41, 5.74) is 0.875. The number of hydrogen-bond acceptors (Lipinski definition) is 2. The predicted octanol–water partition coefficient (Wildman–Crippen LogP) is 2.85.